The summed E-state index contributed by atoms with van der Waals surface area (Å²) in [5.41, 5.74) is 0.221. The molecule has 2 aromatic carbocycles. The van der Waals surface area contributed by atoms with Gasteiger partial charge in [-0.3, -0.25) is 4.79 Å². The molecule has 20 heavy (non-hydrogen) atoms. The Bertz CT molecular complexity index is 694. The molecule has 0 radical (unpaired) electrons. The Morgan fingerprint density at radius 1 is 1.10 bits per heavy atom. The average molecular weight is 442 g/mol. The van der Waals surface area contributed by atoms with Crippen molar-refractivity contribution < 1.29 is 9.18 Å². The monoisotopic (exact) mass is 439 g/mol. The van der Waals surface area contributed by atoms with Crippen molar-refractivity contribution in [2.24, 2.45) is 0 Å². The zero-order valence-electron chi connectivity index (χ0n) is 9.68. The van der Waals surface area contributed by atoms with Gasteiger partial charge in [-0.15, -0.1) is 0 Å². The maximum absolute atomic E-state index is 13.6. The summed E-state index contributed by atoms with van der Waals surface area (Å²) >= 11 is 18.4. The summed E-state index contributed by atoms with van der Waals surface area (Å²) in [6, 6.07) is 7.32. The fourth-order valence-electron chi connectivity index (χ4n) is 1.48. The van der Waals surface area contributed by atoms with Gasteiger partial charge in [0.25, 0.3) is 5.91 Å². The van der Waals surface area contributed by atoms with Crippen molar-refractivity contribution in [2.75, 3.05) is 5.32 Å². The van der Waals surface area contributed by atoms with E-state index in [9.17, 15) is 9.18 Å². The number of benzene rings is 2. The van der Waals surface area contributed by atoms with E-state index in [-0.39, 0.29) is 15.6 Å². The van der Waals surface area contributed by atoms with Gasteiger partial charge in [0.15, 0.2) is 0 Å². The van der Waals surface area contributed by atoms with E-state index in [0.717, 1.165) is 0 Å². The van der Waals surface area contributed by atoms with Crippen LogP contribution in [0.2, 0.25) is 10.0 Å². The van der Waals surface area contributed by atoms with Crippen LogP contribution in [0.1, 0.15) is 10.4 Å². The third kappa shape index (κ3) is 3.34. The molecule has 0 fully saturated rings. The first-order valence-electron chi connectivity index (χ1n) is 5.30. The van der Waals surface area contributed by atoms with Crippen molar-refractivity contribution >= 4 is 66.7 Å². The maximum atomic E-state index is 13.6. The van der Waals surface area contributed by atoms with E-state index in [0.29, 0.717) is 14.6 Å². The molecule has 0 saturated carbocycles. The second-order valence-electron chi connectivity index (χ2n) is 3.80. The Morgan fingerprint density at radius 3 is 2.50 bits per heavy atom. The van der Waals surface area contributed by atoms with E-state index >= 15 is 0 Å². The summed E-state index contributed by atoms with van der Waals surface area (Å²) in [5, 5.41) is 2.99. The zero-order valence-corrected chi connectivity index (χ0v) is 14.4. The maximum Gasteiger partial charge on any atom is 0.258 e. The molecule has 1 amide bonds. The summed E-state index contributed by atoms with van der Waals surface area (Å²) in [4.78, 5) is 12.1. The standard InChI is InChI=1S/C13H6Br2Cl2FNO/c14-6-1-3-9(18)7(5-6)13(20)19-10-4-2-8(15)11(16)12(10)17/h1-5H,(H,19,20). The van der Waals surface area contributed by atoms with Gasteiger partial charge in [0.05, 0.1) is 21.3 Å². The number of carbonyl (C=O) groups excluding carboxylic acids is 1. The summed E-state index contributed by atoms with van der Waals surface area (Å²) in [6.45, 7) is 0. The highest BCUT2D eigenvalue weighted by Crippen LogP contribution is 2.36. The van der Waals surface area contributed by atoms with E-state index < -0.39 is 11.7 Å². The number of amides is 1. The van der Waals surface area contributed by atoms with Gasteiger partial charge in [-0.25, -0.2) is 4.39 Å². The van der Waals surface area contributed by atoms with Gasteiger partial charge in [0.1, 0.15) is 5.82 Å². The minimum absolute atomic E-state index is 0.0884. The minimum atomic E-state index is -0.620. The van der Waals surface area contributed by atoms with Gasteiger partial charge in [-0.1, -0.05) is 39.1 Å². The SMILES string of the molecule is O=C(Nc1ccc(Br)c(Cl)c1Cl)c1cc(Br)ccc1F. The lowest BCUT2D eigenvalue weighted by Crippen LogP contribution is -2.14. The quantitative estimate of drug-likeness (QED) is 0.577. The van der Waals surface area contributed by atoms with Gasteiger partial charge in [-0.05, 0) is 46.3 Å². The minimum Gasteiger partial charge on any atom is -0.320 e. The topological polar surface area (TPSA) is 29.1 Å². The van der Waals surface area contributed by atoms with Crippen molar-refractivity contribution in [2.45, 2.75) is 0 Å². The van der Waals surface area contributed by atoms with Crippen molar-refractivity contribution in [3.05, 3.63) is 60.7 Å². The molecule has 0 bridgehead atoms. The number of nitrogens with one attached hydrogen (secondary N) is 1. The molecule has 2 nitrogen and oxygen atoms in total. The van der Waals surface area contributed by atoms with Gasteiger partial charge in [0, 0.05) is 8.95 Å². The van der Waals surface area contributed by atoms with Gasteiger partial charge in [0.2, 0.25) is 0 Å². The molecule has 0 unspecified atom stereocenters. The Labute approximate surface area is 141 Å². The lowest BCUT2D eigenvalue weighted by molar-refractivity contribution is 0.102. The Morgan fingerprint density at radius 2 is 1.80 bits per heavy atom. The van der Waals surface area contributed by atoms with E-state index in [4.69, 9.17) is 23.2 Å². The lowest BCUT2D eigenvalue weighted by Gasteiger charge is -2.10. The fourth-order valence-corrected chi connectivity index (χ4v) is 2.67. The van der Waals surface area contributed by atoms with Crippen LogP contribution in [-0.4, -0.2) is 5.91 Å². The molecule has 0 saturated heterocycles. The van der Waals surface area contributed by atoms with Gasteiger partial charge in [-0.2, -0.15) is 0 Å². The van der Waals surface area contributed by atoms with Crippen LogP contribution in [0.5, 0.6) is 0 Å². The molecule has 0 aliphatic carbocycles. The van der Waals surface area contributed by atoms with E-state index in [1.54, 1.807) is 12.1 Å². The van der Waals surface area contributed by atoms with Crippen LogP contribution in [0, 0.1) is 5.82 Å². The molecule has 0 aromatic heterocycles. The Kier molecular flexibility index (Phi) is 5.07. The van der Waals surface area contributed by atoms with Crippen LogP contribution in [0.25, 0.3) is 0 Å². The average Bonchev–Trinajstić information content (AvgIpc) is 2.42. The highest BCUT2D eigenvalue weighted by Gasteiger charge is 2.15. The highest BCUT2D eigenvalue weighted by atomic mass is 79.9. The summed E-state index contributed by atoms with van der Waals surface area (Å²) in [7, 11) is 0. The van der Waals surface area contributed by atoms with Crippen molar-refractivity contribution in [1.29, 1.82) is 0 Å². The molecular weight excluding hydrogens is 436 g/mol. The predicted molar refractivity (Wildman–Crippen MR) is 86.2 cm³/mol. The Balaban J connectivity index is 2.33. The fraction of sp³-hybridized carbons (Fsp3) is 0. The number of hydrogen-bond donors (Lipinski definition) is 1. The van der Waals surface area contributed by atoms with Gasteiger partial charge >= 0.3 is 0 Å². The summed E-state index contributed by atoms with van der Waals surface area (Å²) < 4.78 is 14.8. The molecule has 1 N–H and O–H groups in total. The molecular formula is C13H6Br2Cl2FNO. The van der Waals surface area contributed by atoms with Crippen molar-refractivity contribution in [3.63, 3.8) is 0 Å². The molecule has 0 aliphatic heterocycles. The molecule has 104 valence electrons. The van der Waals surface area contributed by atoms with Crippen LogP contribution in [-0.2, 0) is 0 Å². The van der Waals surface area contributed by atoms with E-state index in [1.165, 1.54) is 18.2 Å². The van der Waals surface area contributed by atoms with Crippen LogP contribution < -0.4 is 5.32 Å². The normalized spacial score (nSPS) is 10.4. The van der Waals surface area contributed by atoms with E-state index in [2.05, 4.69) is 37.2 Å². The van der Waals surface area contributed by atoms with Crippen LogP contribution in [0.15, 0.2) is 39.3 Å². The van der Waals surface area contributed by atoms with Crippen LogP contribution in [0.3, 0.4) is 0 Å². The second-order valence-corrected chi connectivity index (χ2v) is 6.33. The molecule has 0 atom stereocenters. The summed E-state index contributed by atoms with van der Waals surface area (Å²) in [6.07, 6.45) is 0. The molecule has 2 rings (SSSR count). The first-order valence-corrected chi connectivity index (χ1v) is 7.64. The van der Waals surface area contributed by atoms with Gasteiger partial charge < -0.3 is 5.32 Å². The first kappa shape index (κ1) is 15.8. The number of hydrogen-bond acceptors (Lipinski definition) is 1. The van der Waals surface area contributed by atoms with Crippen LogP contribution in [0.4, 0.5) is 10.1 Å². The lowest BCUT2D eigenvalue weighted by atomic mass is 10.2. The molecule has 0 heterocycles. The smallest absolute Gasteiger partial charge is 0.258 e. The molecule has 2 aromatic rings. The third-order valence-corrected chi connectivity index (χ3v) is 4.72. The van der Waals surface area contributed by atoms with E-state index in [1.807, 2.05) is 0 Å². The molecule has 0 aliphatic rings. The number of carbonyl (C=O) groups is 1. The second kappa shape index (κ2) is 6.43. The third-order valence-electron chi connectivity index (χ3n) is 2.46. The first-order chi connectivity index (χ1) is 9.40. The number of anilines is 1. The van der Waals surface area contributed by atoms with Crippen molar-refractivity contribution in [3.8, 4) is 0 Å². The number of halogens is 5. The molecule has 0 spiro atoms. The molecule has 7 heteroatoms. The number of rotatable bonds is 2. The highest BCUT2D eigenvalue weighted by molar-refractivity contribution is 9.10. The van der Waals surface area contributed by atoms with Crippen molar-refractivity contribution in [1.82, 2.24) is 0 Å². The predicted octanol–water partition coefficient (Wildman–Crippen LogP) is 5.91. The van der Waals surface area contributed by atoms with Crippen LogP contribution >= 0.6 is 55.1 Å². The summed E-state index contributed by atoms with van der Waals surface area (Å²) in [5.74, 6) is -1.23. The Hall–Kier alpha value is -0.620. The zero-order chi connectivity index (χ0) is 14.9. The largest absolute Gasteiger partial charge is 0.320 e.